The Morgan fingerprint density at radius 2 is 1.88 bits per heavy atom. The van der Waals surface area contributed by atoms with Gasteiger partial charge in [0.2, 0.25) is 0 Å². The number of pyridine rings is 1. The van der Waals surface area contributed by atoms with Gasteiger partial charge in [-0.3, -0.25) is 4.79 Å². The van der Waals surface area contributed by atoms with Crippen molar-refractivity contribution in [1.82, 2.24) is 4.98 Å². The highest BCUT2D eigenvalue weighted by molar-refractivity contribution is 5.90. The summed E-state index contributed by atoms with van der Waals surface area (Å²) in [6.45, 7) is 0. The molecule has 0 bridgehead atoms. The van der Waals surface area contributed by atoms with Gasteiger partial charge in [0.25, 0.3) is 5.56 Å². The minimum Gasteiger partial charge on any atom is -0.496 e. The number of H-pyrrole nitrogens is 1. The number of hydrogen-bond acceptors (Lipinski definition) is 4. The molecule has 0 fully saturated rings. The standard InChI is InChI=1S/C12H10N2O3/c1-16-9-3-4-10(17-2)11-8(9)5-7(6-13)12(15)14-11/h3-5H,1-2H3,(H,14,15). The van der Waals surface area contributed by atoms with E-state index in [1.54, 1.807) is 12.1 Å². The van der Waals surface area contributed by atoms with Crippen LogP contribution in [0.4, 0.5) is 0 Å². The molecule has 0 saturated heterocycles. The largest absolute Gasteiger partial charge is 0.496 e. The first-order valence-electron chi connectivity index (χ1n) is 4.89. The van der Waals surface area contributed by atoms with Crippen molar-refractivity contribution in [2.75, 3.05) is 14.2 Å². The first-order valence-corrected chi connectivity index (χ1v) is 4.89. The third-order valence-corrected chi connectivity index (χ3v) is 2.50. The molecule has 1 N–H and O–H groups in total. The highest BCUT2D eigenvalue weighted by Crippen LogP contribution is 2.30. The van der Waals surface area contributed by atoms with Crippen LogP contribution < -0.4 is 15.0 Å². The lowest BCUT2D eigenvalue weighted by molar-refractivity contribution is 0.409. The molecule has 2 rings (SSSR count). The molecule has 0 radical (unpaired) electrons. The molecular formula is C12H10N2O3. The molecule has 0 aliphatic rings. The third-order valence-electron chi connectivity index (χ3n) is 2.50. The van der Waals surface area contributed by atoms with Gasteiger partial charge in [-0.15, -0.1) is 0 Å². The highest BCUT2D eigenvalue weighted by Gasteiger charge is 2.10. The summed E-state index contributed by atoms with van der Waals surface area (Å²) in [4.78, 5) is 14.2. The predicted octanol–water partition coefficient (Wildman–Crippen LogP) is 1.42. The lowest BCUT2D eigenvalue weighted by atomic mass is 10.1. The van der Waals surface area contributed by atoms with Crippen molar-refractivity contribution >= 4 is 10.9 Å². The van der Waals surface area contributed by atoms with E-state index in [9.17, 15) is 4.79 Å². The minimum atomic E-state index is -0.438. The first-order chi connectivity index (χ1) is 8.21. The minimum absolute atomic E-state index is 0.0454. The Bertz CT molecular complexity index is 668. The van der Waals surface area contributed by atoms with Gasteiger partial charge < -0.3 is 14.5 Å². The number of nitriles is 1. The Morgan fingerprint density at radius 3 is 2.47 bits per heavy atom. The van der Waals surface area contributed by atoms with Crippen molar-refractivity contribution in [3.05, 3.63) is 34.1 Å². The Hall–Kier alpha value is -2.48. The van der Waals surface area contributed by atoms with E-state index < -0.39 is 5.56 Å². The van der Waals surface area contributed by atoms with Crippen LogP contribution >= 0.6 is 0 Å². The lowest BCUT2D eigenvalue weighted by Crippen LogP contribution is -2.10. The second kappa shape index (κ2) is 4.18. The summed E-state index contributed by atoms with van der Waals surface area (Å²) in [5, 5.41) is 9.47. The smallest absolute Gasteiger partial charge is 0.266 e. The van der Waals surface area contributed by atoms with Gasteiger partial charge in [-0.1, -0.05) is 0 Å². The molecule has 0 atom stereocenters. The molecule has 0 saturated carbocycles. The molecular weight excluding hydrogens is 220 g/mol. The van der Waals surface area contributed by atoms with Crippen LogP contribution in [0.2, 0.25) is 0 Å². The van der Waals surface area contributed by atoms with Gasteiger partial charge in [-0.25, -0.2) is 0 Å². The van der Waals surface area contributed by atoms with Crippen LogP contribution in [0.15, 0.2) is 23.0 Å². The van der Waals surface area contributed by atoms with E-state index in [2.05, 4.69) is 4.98 Å². The second-order valence-electron chi connectivity index (χ2n) is 3.38. The van der Waals surface area contributed by atoms with Crippen molar-refractivity contribution in [2.45, 2.75) is 0 Å². The number of rotatable bonds is 2. The number of aromatic nitrogens is 1. The van der Waals surface area contributed by atoms with E-state index in [1.165, 1.54) is 20.3 Å². The Morgan fingerprint density at radius 1 is 1.24 bits per heavy atom. The van der Waals surface area contributed by atoms with E-state index in [4.69, 9.17) is 14.7 Å². The highest BCUT2D eigenvalue weighted by atomic mass is 16.5. The number of aromatic amines is 1. The molecule has 0 unspecified atom stereocenters. The molecule has 1 aromatic heterocycles. The fourth-order valence-electron chi connectivity index (χ4n) is 1.67. The fourth-order valence-corrected chi connectivity index (χ4v) is 1.67. The van der Waals surface area contributed by atoms with Crippen LogP contribution in [-0.4, -0.2) is 19.2 Å². The maximum Gasteiger partial charge on any atom is 0.266 e. The number of methoxy groups -OCH3 is 2. The summed E-state index contributed by atoms with van der Waals surface area (Å²) >= 11 is 0. The monoisotopic (exact) mass is 230 g/mol. The maximum atomic E-state index is 11.6. The lowest BCUT2D eigenvalue weighted by Gasteiger charge is -2.09. The van der Waals surface area contributed by atoms with Crippen LogP contribution in [0.5, 0.6) is 11.5 Å². The van der Waals surface area contributed by atoms with Crippen LogP contribution in [-0.2, 0) is 0 Å². The van der Waals surface area contributed by atoms with Gasteiger partial charge in [0, 0.05) is 5.39 Å². The zero-order chi connectivity index (χ0) is 12.4. The van der Waals surface area contributed by atoms with Crippen LogP contribution in [0.25, 0.3) is 10.9 Å². The molecule has 0 spiro atoms. The van der Waals surface area contributed by atoms with E-state index >= 15 is 0 Å². The molecule has 86 valence electrons. The molecule has 17 heavy (non-hydrogen) atoms. The van der Waals surface area contributed by atoms with Crippen LogP contribution in [0, 0.1) is 11.3 Å². The van der Waals surface area contributed by atoms with Crippen molar-refractivity contribution < 1.29 is 9.47 Å². The summed E-state index contributed by atoms with van der Waals surface area (Å²) < 4.78 is 10.3. The number of nitrogens with zero attached hydrogens (tertiary/aromatic N) is 1. The number of benzene rings is 1. The second-order valence-corrected chi connectivity index (χ2v) is 3.38. The normalized spacial score (nSPS) is 9.94. The van der Waals surface area contributed by atoms with Gasteiger partial charge in [-0.2, -0.15) is 5.26 Å². The quantitative estimate of drug-likeness (QED) is 0.846. The number of nitrogens with one attached hydrogen (secondary N) is 1. The Kier molecular flexibility index (Phi) is 2.71. The van der Waals surface area contributed by atoms with Gasteiger partial charge >= 0.3 is 0 Å². The maximum absolute atomic E-state index is 11.6. The van der Waals surface area contributed by atoms with Crippen LogP contribution in [0.3, 0.4) is 0 Å². The number of fused-ring (bicyclic) bond motifs is 1. The predicted molar refractivity (Wildman–Crippen MR) is 62.4 cm³/mol. The van der Waals surface area contributed by atoms with E-state index in [1.807, 2.05) is 6.07 Å². The summed E-state index contributed by atoms with van der Waals surface area (Å²) in [6, 6.07) is 6.75. The molecule has 5 nitrogen and oxygen atoms in total. The average Bonchev–Trinajstić information content (AvgIpc) is 2.36. The van der Waals surface area contributed by atoms with E-state index in [0.717, 1.165) is 0 Å². The third kappa shape index (κ3) is 1.70. The van der Waals surface area contributed by atoms with Crippen LogP contribution in [0.1, 0.15) is 5.56 Å². The molecule has 2 aromatic rings. The topological polar surface area (TPSA) is 75.1 Å². The van der Waals surface area contributed by atoms with Crippen molar-refractivity contribution in [2.24, 2.45) is 0 Å². The van der Waals surface area contributed by atoms with Gasteiger partial charge in [0.1, 0.15) is 23.1 Å². The summed E-state index contributed by atoms with van der Waals surface area (Å²) in [5.41, 5.74) is 0.131. The summed E-state index contributed by atoms with van der Waals surface area (Å²) in [7, 11) is 3.04. The van der Waals surface area contributed by atoms with Gasteiger partial charge in [0.15, 0.2) is 0 Å². The molecule has 0 aliphatic carbocycles. The Balaban J connectivity index is 2.92. The van der Waals surface area contributed by atoms with Crippen molar-refractivity contribution in [1.29, 1.82) is 5.26 Å². The Labute approximate surface area is 97.2 Å². The van der Waals surface area contributed by atoms with Crippen molar-refractivity contribution in [3.8, 4) is 17.6 Å². The molecule has 0 aliphatic heterocycles. The van der Waals surface area contributed by atoms with E-state index in [-0.39, 0.29) is 5.56 Å². The van der Waals surface area contributed by atoms with Gasteiger partial charge in [0.05, 0.1) is 19.7 Å². The summed E-state index contributed by atoms with van der Waals surface area (Å²) in [5.74, 6) is 1.11. The van der Waals surface area contributed by atoms with Gasteiger partial charge in [-0.05, 0) is 18.2 Å². The summed E-state index contributed by atoms with van der Waals surface area (Å²) in [6.07, 6.45) is 0. The SMILES string of the molecule is COc1ccc(OC)c2[nH]c(=O)c(C#N)cc12. The zero-order valence-electron chi connectivity index (χ0n) is 9.40. The fraction of sp³-hybridized carbons (Fsp3) is 0.167. The van der Waals surface area contributed by atoms with Crippen molar-refractivity contribution in [3.63, 3.8) is 0 Å². The number of hydrogen-bond donors (Lipinski definition) is 1. The average molecular weight is 230 g/mol. The zero-order valence-corrected chi connectivity index (χ0v) is 9.40. The molecule has 1 aromatic carbocycles. The van der Waals surface area contributed by atoms with E-state index in [0.29, 0.717) is 22.4 Å². The number of ether oxygens (including phenoxy) is 2. The molecule has 1 heterocycles. The molecule has 0 amide bonds. The molecule has 5 heteroatoms. The first kappa shape index (κ1) is 11.0.